The van der Waals surface area contributed by atoms with Crippen LogP contribution in [0.25, 0.3) is 0 Å². The normalized spacial score (nSPS) is 16.8. The zero-order valence-corrected chi connectivity index (χ0v) is 39.9. The number of rotatable bonds is 21. The van der Waals surface area contributed by atoms with Crippen LogP contribution < -0.4 is 28.9 Å². The fourth-order valence-electron chi connectivity index (χ4n) is 10.4. The van der Waals surface area contributed by atoms with Crippen molar-refractivity contribution in [3.8, 4) is 17.2 Å². The second-order valence-corrected chi connectivity index (χ2v) is 18.4. The summed E-state index contributed by atoms with van der Waals surface area (Å²) in [6.45, 7) is 7.80. The van der Waals surface area contributed by atoms with Crippen LogP contribution in [-0.2, 0) is 57.9 Å². The number of ketones is 1. The lowest BCUT2D eigenvalue weighted by atomic mass is 9.98. The van der Waals surface area contributed by atoms with Gasteiger partial charge < -0.3 is 47.9 Å². The Morgan fingerprint density at radius 2 is 1.19 bits per heavy atom. The van der Waals surface area contributed by atoms with Crippen LogP contribution in [-0.4, -0.2) is 90.0 Å². The highest BCUT2D eigenvalue weighted by Gasteiger charge is 2.39. The molecule has 0 unspecified atom stereocenters. The van der Waals surface area contributed by atoms with Gasteiger partial charge in [-0.25, -0.2) is 0 Å². The van der Waals surface area contributed by atoms with Gasteiger partial charge in [-0.3, -0.25) is 9.59 Å². The molecule has 0 saturated carbocycles. The van der Waals surface area contributed by atoms with Gasteiger partial charge in [-0.1, -0.05) is 36.4 Å². The van der Waals surface area contributed by atoms with E-state index in [2.05, 4.69) is 47.4 Å². The molecule has 2 atom stereocenters. The predicted octanol–water partition coefficient (Wildman–Crippen LogP) is 9.05. The zero-order chi connectivity index (χ0) is 47.1. The topological polar surface area (TPSA) is 116 Å². The number of hydrogen-bond donors (Lipinski definition) is 0. The van der Waals surface area contributed by atoms with Crippen molar-refractivity contribution in [1.82, 2.24) is 0 Å². The van der Waals surface area contributed by atoms with Crippen LogP contribution >= 0.6 is 0 Å². The van der Waals surface area contributed by atoms with Crippen molar-refractivity contribution in [2.75, 3.05) is 75.0 Å². The minimum atomic E-state index is -0.00969. The van der Waals surface area contributed by atoms with E-state index in [0.717, 1.165) is 94.7 Å². The lowest BCUT2D eigenvalue weighted by Crippen LogP contribution is -2.36. The number of amides is 2. The number of nitrogens with zero attached hydrogens (tertiary/aromatic N) is 3. The third-order valence-corrected chi connectivity index (χ3v) is 13.8. The summed E-state index contributed by atoms with van der Waals surface area (Å²) in [7, 11) is 3.26. The van der Waals surface area contributed by atoms with Gasteiger partial charge in [-0.2, -0.15) is 0 Å². The molecular formula is C56H63N3O9. The summed E-state index contributed by atoms with van der Waals surface area (Å²) in [4.78, 5) is 46.6. The smallest absolute Gasteiger partial charge is 0.258 e. The quantitative estimate of drug-likeness (QED) is 0.0661. The molecule has 5 aromatic carbocycles. The standard InChI is InChI=1S/C56H63N3O9/c1-37-26-48-41(15-17-45-30-43-11-5-7-13-50(43)58(45)55(48)61)32-52(37)67-35-39-27-40(29-47(28-39)57(19-9-10-38(2)60)20-21-65-24-25-66-23-22-63-3)36-68-54-33-42-16-18-46-31-44-12-6-8-14-51(44)59(46)56(62)49(42)34-53(54)64-4/h5-8,11-14,26-29,32-34,45-46H,9-10,15-25,30-31,35-36H2,1-4H3/t45-,46-/m1/s1. The Hall–Kier alpha value is -6.21. The van der Waals surface area contributed by atoms with Crippen LogP contribution in [0, 0.1) is 6.92 Å². The molecular weight excluding hydrogens is 859 g/mol. The van der Waals surface area contributed by atoms with Crippen LogP contribution in [0.15, 0.2) is 91.0 Å². The Morgan fingerprint density at radius 1 is 0.632 bits per heavy atom. The highest BCUT2D eigenvalue weighted by atomic mass is 16.5. The molecule has 2 amide bonds. The second kappa shape index (κ2) is 21.4. The second-order valence-electron chi connectivity index (χ2n) is 18.4. The van der Waals surface area contributed by atoms with Crippen molar-refractivity contribution >= 4 is 34.7 Å². The van der Waals surface area contributed by atoms with E-state index in [1.54, 1.807) is 21.1 Å². The van der Waals surface area contributed by atoms with Gasteiger partial charge in [0.25, 0.3) is 11.8 Å². The summed E-state index contributed by atoms with van der Waals surface area (Å²) in [5.74, 6) is 2.01. The third kappa shape index (κ3) is 10.3. The maximum atomic E-state index is 14.2. The first kappa shape index (κ1) is 46.9. The number of fused-ring (bicyclic) bond motifs is 8. The first-order valence-corrected chi connectivity index (χ1v) is 24.1. The molecule has 0 saturated heterocycles. The largest absolute Gasteiger partial charge is 0.493 e. The first-order chi connectivity index (χ1) is 33.2. The van der Waals surface area contributed by atoms with Crippen LogP contribution in [0.1, 0.15) is 92.3 Å². The Kier molecular flexibility index (Phi) is 14.7. The lowest BCUT2D eigenvalue weighted by molar-refractivity contribution is -0.117. The monoisotopic (exact) mass is 921 g/mol. The summed E-state index contributed by atoms with van der Waals surface area (Å²) < 4.78 is 35.9. The van der Waals surface area contributed by atoms with Gasteiger partial charge in [0.05, 0.1) is 40.1 Å². The number of ether oxygens (including phenoxy) is 6. The van der Waals surface area contributed by atoms with Crippen LogP contribution in [0.4, 0.5) is 17.1 Å². The average molecular weight is 922 g/mol. The number of carbonyl (C=O) groups is 3. The van der Waals surface area contributed by atoms with Gasteiger partial charge in [-0.05, 0) is 152 Å². The lowest BCUT2D eigenvalue weighted by Gasteiger charge is -2.26. The van der Waals surface area contributed by atoms with E-state index < -0.39 is 0 Å². The Labute approximate surface area is 400 Å². The molecule has 356 valence electrons. The number of para-hydroxylation sites is 2. The van der Waals surface area contributed by atoms with E-state index in [-0.39, 0.29) is 42.9 Å². The molecule has 0 spiro atoms. The fourth-order valence-corrected chi connectivity index (χ4v) is 10.4. The molecule has 0 N–H and O–H groups in total. The number of Topliss-reactive ketones (excluding diaryl/α,β-unsaturated/α-hetero) is 1. The third-order valence-electron chi connectivity index (χ3n) is 13.8. The maximum Gasteiger partial charge on any atom is 0.258 e. The molecule has 68 heavy (non-hydrogen) atoms. The van der Waals surface area contributed by atoms with E-state index in [9.17, 15) is 14.4 Å². The Morgan fingerprint density at radius 3 is 1.79 bits per heavy atom. The average Bonchev–Trinajstić information content (AvgIpc) is 3.84. The Bertz CT molecular complexity index is 2650. The molecule has 9 rings (SSSR count). The molecule has 4 heterocycles. The summed E-state index contributed by atoms with van der Waals surface area (Å²) in [6.07, 6.45) is 6.14. The van der Waals surface area contributed by atoms with Crippen molar-refractivity contribution < 1.29 is 42.8 Å². The zero-order valence-electron chi connectivity index (χ0n) is 39.9. The predicted molar refractivity (Wildman–Crippen MR) is 263 cm³/mol. The molecule has 12 nitrogen and oxygen atoms in total. The van der Waals surface area contributed by atoms with Gasteiger partial charge in [0.1, 0.15) is 24.7 Å². The molecule has 0 bridgehead atoms. The van der Waals surface area contributed by atoms with Crippen LogP contribution in [0.2, 0.25) is 0 Å². The van der Waals surface area contributed by atoms with E-state index in [1.165, 1.54) is 11.1 Å². The van der Waals surface area contributed by atoms with Crippen molar-refractivity contribution in [2.24, 2.45) is 0 Å². The highest BCUT2D eigenvalue weighted by molar-refractivity contribution is 6.10. The van der Waals surface area contributed by atoms with Crippen LogP contribution in [0.5, 0.6) is 17.2 Å². The van der Waals surface area contributed by atoms with E-state index >= 15 is 0 Å². The fraction of sp³-hybridized carbons (Fsp3) is 0.411. The molecule has 0 fully saturated rings. The number of benzene rings is 5. The molecule has 12 heteroatoms. The van der Waals surface area contributed by atoms with Crippen LogP contribution in [0.3, 0.4) is 0 Å². The van der Waals surface area contributed by atoms with Gasteiger partial charge in [0.2, 0.25) is 0 Å². The minimum absolute atomic E-state index is 0.00969. The summed E-state index contributed by atoms with van der Waals surface area (Å²) in [6, 6.07) is 30.9. The van der Waals surface area contributed by atoms with E-state index in [4.69, 9.17) is 28.4 Å². The summed E-state index contributed by atoms with van der Waals surface area (Å²) in [5.41, 5.74) is 11.5. The van der Waals surface area contributed by atoms with Crippen molar-refractivity contribution in [2.45, 2.75) is 90.5 Å². The first-order valence-electron chi connectivity index (χ1n) is 24.1. The van der Waals surface area contributed by atoms with Gasteiger partial charge >= 0.3 is 0 Å². The molecule has 0 radical (unpaired) electrons. The summed E-state index contributed by atoms with van der Waals surface area (Å²) in [5, 5.41) is 0. The van der Waals surface area contributed by atoms with Crippen molar-refractivity contribution in [3.05, 3.63) is 141 Å². The van der Waals surface area contributed by atoms with Gasteiger partial charge in [0, 0.05) is 66.9 Å². The molecule has 4 aliphatic heterocycles. The van der Waals surface area contributed by atoms with E-state index in [0.29, 0.717) is 76.0 Å². The maximum absolute atomic E-state index is 14.2. The van der Waals surface area contributed by atoms with Crippen molar-refractivity contribution in [3.63, 3.8) is 0 Å². The number of aryl methyl sites for hydroxylation is 3. The SMILES string of the molecule is COCCOCCOCCN(CCCC(C)=O)c1cc(COc2cc3c(cc2C)C(=O)N2c4ccccc4C[C@H]2CC3)cc(COc2cc3c(cc2OC)C(=O)N2c4ccccc4C[C@H]2CC3)c1. The molecule has 5 aromatic rings. The molecule has 4 aliphatic rings. The highest BCUT2D eigenvalue weighted by Crippen LogP contribution is 2.42. The minimum Gasteiger partial charge on any atom is -0.493 e. The van der Waals surface area contributed by atoms with Crippen molar-refractivity contribution in [1.29, 1.82) is 0 Å². The molecule has 0 aromatic heterocycles. The van der Waals surface area contributed by atoms with Gasteiger partial charge in [0.15, 0.2) is 11.5 Å². The number of anilines is 3. The number of methoxy groups -OCH3 is 2. The number of carbonyl (C=O) groups excluding carboxylic acids is 3. The van der Waals surface area contributed by atoms with E-state index in [1.807, 2.05) is 65.3 Å². The Balaban J connectivity index is 0.970. The molecule has 0 aliphatic carbocycles. The van der Waals surface area contributed by atoms with Gasteiger partial charge in [-0.15, -0.1) is 0 Å². The summed E-state index contributed by atoms with van der Waals surface area (Å²) >= 11 is 0. The number of hydrogen-bond acceptors (Lipinski definition) is 10.